The Hall–Kier alpha value is -1.68. The molecule has 0 radical (unpaired) electrons. The highest BCUT2D eigenvalue weighted by Crippen LogP contribution is 2.17. The van der Waals surface area contributed by atoms with Crippen molar-refractivity contribution in [2.24, 2.45) is 0 Å². The Balaban J connectivity index is 2.25. The quantitative estimate of drug-likeness (QED) is 0.918. The number of benzene rings is 1. The molecule has 1 N–H and O–H groups in total. The van der Waals surface area contributed by atoms with E-state index in [1.165, 1.54) is 0 Å². The lowest BCUT2D eigenvalue weighted by Crippen LogP contribution is -2.41. The highest BCUT2D eigenvalue weighted by atomic mass is 35.5. The molecule has 1 heterocycles. The van der Waals surface area contributed by atoms with Gasteiger partial charge < -0.3 is 5.32 Å². The summed E-state index contributed by atoms with van der Waals surface area (Å²) in [4.78, 5) is 20.5. The normalized spacial score (nSPS) is 11.6. The first-order chi connectivity index (χ1) is 8.85. The standard InChI is InChI=1S/C14H16ClN3O/c1-14(2,3)18-12(19)8-11-13(15)17-10-7-5-4-6-9(10)16-11/h4-7H,8H2,1-3H3,(H,18,19). The second-order valence-corrected chi connectivity index (χ2v) is 5.78. The third kappa shape index (κ3) is 3.64. The van der Waals surface area contributed by atoms with Crippen LogP contribution >= 0.6 is 11.6 Å². The summed E-state index contributed by atoms with van der Waals surface area (Å²) in [7, 11) is 0. The number of fused-ring (bicyclic) bond motifs is 1. The van der Waals surface area contributed by atoms with Crippen molar-refractivity contribution in [1.82, 2.24) is 15.3 Å². The SMILES string of the molecule is CC(C)(C)NC(=O)Cc1nc2ccccc2nc1Cl. The molecule has 2 rings (SSSR count). The molecule has 0 aliphatic heterocycles. The van der Waals surface area contributed by atoms with Gasteiger partial charge in [-0.05, 0) is 32.9 Å². The first kappa shape index (κ1) is 13.7. The number of halogens is 1. The molecule has 19 heavy (non-hydrogen) atoms. The molecule has 0 saturated heterocycles. The molecule has 5 heteroatoms. The van der Waals surface area contributed by atoms with Gasteiger partial charge in [0.1, 0.15) is 0 Å². The molecule has 1 aromatic heterocycles. The van der Waals surface area contributed by atoms with Gasteiger partial charge in [0.25, 0.3) is 0 Å². The molecule has 0 spiro atoms. The molecule has 0 fully saturated rings. The number of rotatable bonds is 2. The van der Waals surface area contributed by atoms with Gasteiger partial charge in [-0.15, -0.1) is 0 Å². The summed E-state index contributed by atoms with van der Waals surface area (Å²) in [5.74, 6) is -0.112. The van der Waals surface area contributed by atoms with E-state index in [1.807, 2.05) is 45.0 Å². The predicted molar refractivity (Wildman–Crippen MR) is 76.1 cm³/mol. The molecular weight excluding hydrogens is 262 g/mol. The number of amides is 1. The Labute approximate surface area is 117 Å². The summed E-state index contributed by atoms with van der Waals surface area (Å²) in [6, 6.07) is 7.44. The van der Waals surface area contributed by atoms with Crippen molar-refractivity contribution in [3.05, 3.63) is 35.1 Å². The van der Waals surface area contributed by atoms with Gasteiger partial charge in [-0.1, -0.05) is 23.7 Å². The molecule has 0 aliphatic rings. The number of carbonyl (C=O) groups excluding carboxylic acids is 1. The maximum atomic E-state index is 11.9. The number of nitrogens with one attached hydrogen (secondary N) is 1. The predicted octanol–water partition coefficient (Wildman–Crippen LogP) is 2.74. The van der Waals surface area contributed by atoms with Gasteiger partial charge in [-0.3, -0.25) is 4.79 Å². The van der Waals surface area contributed by atoms with Crippen LogP contribution in [0.25, 0.3) is 11.0 Å². The minimum atomic E-state index is -0.270. The van der Waals surface area contributed by atoms with E-state index in [4.69, 9.17) is 11.6 Å². The number of para-hydroxylation sites is 2. The smallest absolute Gasteiger partial charge is 0.226 e. The first-order valence-corrected chi connectivity index (χ1v) is 6.45. The molecule has 2 aromatic rings. The zero-order chi connectivity index (χ0) is 14.0. The van der Waals surface area contributed by atoms with Gasteiger partial charge in [0, 0.05) is 5.54 Å². The van der Waals surface area contributed by atoms with Crippen molar-refractivity contribution < 1.29 is 4.79 Å². The van der Waals surface area contributed by atoms with Crippen molar-refractivity contribution in [3.63, 3.8) is 0 Å². The Bertz CT molecular complexity index is 620. The Morgan fingerprint density at radius 3 is 2.37 bits per heavy atom. The Kier molecular flexibility index (Phi) is 3.71. The summed E-state index contributed by atoms with van der Waals surface area (Å²) in [6.07, 6.45) is 0.133. The van der Waals surface area contributed by atoms with E-state index in [1.54, 1.807) is 0 Å². The van der Waals surface area contributed by atoms with Crippen LogP contribution in [0.15, 0.2) is 24.3 Å². The molecule has 0 atom stereocenters. The van der Waals surface area contributed by atoms with Crippen molar-refractivity contribution in [1.29, 1.82) is 0 Å². The molecule has 4 nitrogen and oxygen atoms in total. The highest BCUT2D eigenvalue weighted by Gasteiger charge is 2.16. The van der Waals surface area contributed by atoms with Crippen LogP contribution in [0.2, 0.25) is 5.15 Å². The Morgan fingerprint density at radius 2 is 1.79 bits per heavy atom. The van der Waals surface area contributed by atoms with Gasteiger partial charge >= 0.3 is 0 Å². The van der Waals surface area contributed by atoms with Gasteiger partial charge in [-0.2, -0.15) is 0 Å². The van der Waals surface area contributed by atoms with Gasteiger partial charge in [0.05, 0.1) is 23.1 Å². The van der Waals surface area contributed by atoms with Crippen molar-refractivity contribution in [3.8, 4) is 0 Å². The topological polar surface area (TPSA) is 54.9 Å². The van der Waals surface area contributed by atoms with E-state index in [9.17, 15) is 4.79 Å². The van der Waals surface area contributed by atoms with E-state index >= 15 is 0 Å². The van der Waals surface area contributed by atoms with Crippen LogP contribution < -0.4 is 5.32 Å². The third-order valence-corrected chi connectivity index (χ3v) is 2.74. The lowest BCUT2D eigenvalue weighted by Gasteiger charge is -2.20. The highest BCUT2D eigenvalue weighted by molar-refractivity contribution is 6.30. The lowest BCUT2D eigenvalue weighted by atomic mass is 10.1. The van der Waals surface area contributed by atoms with Crippen LogP contribution in [0, 0.1) is 0 Å². The second-order valence-electron chi connectivity index (χ2n) is 5.42. The zero-order valence-corrected chi connectivity index (χ0v) is 12.0. The third-order valence-electron chi connectivity index (χ3n) is 2.44. The molecule has 0 unspecified atom stereocenters. The maximum absolute atomic E-state index is 11.9. The second kappa shape index (κ2) is 5.13. The number of hydrogen-bond acceptors (Lipinski definition) is 3. The fourth-order valence-corrected chi connectivity index (χ4v) is 1.94. The molecule has 0 aliphatic carbocycles. The minimum Gasteiger partial charge on any atom is -0.351 e. The monoisotopic (exact) mass is 277 g/mol. The van der Waals surface area contributed by atoms with Gasteiger partial charge in [0.15, 0.2) is 5.15 Å². The number of aromatic nitrogens is 2. The molecule has 100 valence electrons. The van der Waals surface area contributed by atoms with E-state index in [2.05, 4.69) is 15.3 Å². The largest absolute Gasteiger partial charge is 0.351 e. The molecule has 1 amide bonds. The van der Waals surface area contributed by atoms with Crippen LogP contribution in [-0.2, 0) is 11.2 Å². The van der Waals surface area contributed by atoms with E-state index in [0.717, 1.165) is 11.0 Å². The molecule has 0 bridgehead atoms. The molecular formula is C14H16ClN3O. The average molecular weight is 278 g/mol. The summed E-state index contributed by atoms with van der Waals surface area (Å²) >= 11 is 6.06. The van der Waals surface area contributed by atoms with Crippen molar-refractivity contribution >= 4 is 28.5 Å². The van der Waals surface area contributed by atoms with E-state index in [0.29, 0.717) is 5.69 Å². The summed E-state index contributed by atoms with van der Waals surface area (Å²) in [5, 5.41) is 3.16. The van der Waals surface area contributed by atoms with E-state index in [-0.39, 0.29) is 23.0 Å². The van der Waals surface area contributed by atoms with Crippen LogP contribution in [-0.4, -0.2) is 21.4 Å². The minimum absolute atomic E-state index is 0.112. The van der Waals surface area contributed by atoms with Crippen LogP contribution in [0.4, 0.5) is 0 Å². The van der Waals surface area contributed by atoms with Gasteiger partial charge in [0.2, 0.25) is 5.91 Å². The summed E-state index contributed by atoms with van der Waals surface area (Å²) in [6.45, 7) is 5.79. The average Bonchev–Trinajstić information content (AvgIpc) is 2.27. The Morgan fingerprint density at radius 1 is 1.21 bits per heavy atom. The van der Waals surface area contributed by atoms with E-state index < -0.39 is 0 Å². The lowest BCUT2D eigenvalue weighted by molar-refractivity contribution is -0.121. The van der Waals surface area contributed by atoms with Crippen LogP contribution in [0.5, 0.6) is 0 Å². The zero-order valence-electron chi connectivity index (χ0n) is 11.2. The van der Waals surface area contributed by atoms with Gasteiger partial charge in [-0.25, -0.2) is 9.97 Å². The fraction of sp³-hybridized carbons (Fsp3) is 0.357. The summed E-state index contributed by atoms with van der Waals surface area (Å²) < 4.78 is 0. The van der Waals surface area contributed by atoms with Crippen LogP contribution in [0.3, 0.4) is 0 Å². The fourth-order valence-electron chi connectivity index (χ4n) is 1.74. The number of carbonyl (C=O) groups is 1. The molecule has 1 aromatic carbocycles. The summed E-state index contributed by atoms with van der Waals surface area (Å²) in [5.41, 5.74) is 1.70. The molecule has 0 saturated carbocycles. The number of nitrogens with zero attached hydrogens (tertiary/aromatic N) is 2. The number of hydrogen-bond donors (Lipinski definition) is 1. The van der Waals surface area contributed by atoms with Crippen molar-refractivity contribution in [2.45, 2.75) is 32.7 Å². The maximum Gasteiger partial charge on any atom is 0.226 e. The van der Waals surface area contributed by atoms with Crippen LogP contribution in [0.1, 0.15) is 26.5 Å². The van der Waals surface area contributed by atoms with Crippen molar-refractivity contribution in [2.75, 3.05) is 0 Å². The first-order valence-electron chi connectivity index (χ1n) is 6.07.